The minimum atomic E-state index is -0.566. The van der Waals surface area contributed by atoms with Gasteiger partial charge in [-0.2, -0.15) is 0 Å². The standard InChI is InChI=1S/C23H26N2O5/c1-16(26)30-19-10-9-18-14-23(2,3)21(27)25(20(18)13-19)12-11-24-22(28)29-15-17-7-5-4-6-8-17/h4-10,13H,11-12,14-15H2,1-3H3,(H,24,28). The van der Waals surface area contributed by atoms with Crippen molar-refractivity contribution in [2.45, 2.75) is 33.8 Å². The van der Waals surface area contributed by atoms with Gasteiger partial charge in [-0.05, 0) is 23.6 Å². The van der Waals surface area contributed by atoms with Crippen LogP contribution in [-0.2, 0) is 27.4 Å². The van der Waals surface area contributed by atoms with E-state index in [1.807, 2.05) is 50.2 Å². The highest BCUT2D eigenvalue weighted by Crippen LogP contribution is 2.39. The Kier molecular flexibility index (Phi) is 6.40. The van der Waals surface area contributed by atoms with Crippen molar-refractivity contribution >= 4 is 23.7 Å². The molecule has 1 heterocycles. The molecule has 0 saturated carbocycles. The highest BCUT2D eigenvalue weighted by molar-refractivity contribution is 6.00. The number of amides is 2. The molecule has 3 rings (SSSR count). The van der Waals surface area contributed by atoms with E-state index in [0.29, 0.717) is 17.9 Å². The molecule has 0 fully saturated rings. The summed E-state index contributed by atoms with van der Waals surface area (Å²) >= 11 is 0. The number of esters is 1. The lowest BCUT2D eigenvalue weighted by Crippen LogP contribution is -2.49. The number of carbonyl (C=O) groups excluding carboxylic acids is 3. The predicted octanol–water partition coefficient (Wildman–Crippen LogP) is 3.45. The summed E-state index contributed by atoms with van der Waals surface area (Å²) in [6.07, 6.45) is 0.0429. The van der Waals surface area contributed by atoms with Gasteiger partial charge in [-0.15, -0.1) is 0 Å². The number of anilines is 1. The normalized spacial score (nSPS) is 14.6. The van der Waals surface area contributed by atoms with Crippen molar-refractivity contribution in [1.29, 1.82) is 0 Å². The number of carbonyl (C=O) groups is 3. The molecule has 2 aromatic rings. The van der Waals surface area contributed by atoms with Crippen LogP contribution in [-0.4, -0.2) is 31.1 Å². The number of nitrogens with one attached hydrogen (secondary N) is 1. The minimum Gasteiger partial charge on any atom is -0.445 e. The summed E-state index contributed by atoms with van der Waals surface area (Å²) in [5.41, 5.74) is 2.01. The molecule has 7 nitrogen and oxygen atoms in total. The second-order valence-corrected chi connectivity index (χ2v) is 7.89. The first-order valence-electron chi connectivity index (χ1n) is 9.84. The van der Waals surface area contributed by atoms with Crippen molar-refractivity contribution in [2.24, 2.45) is 5.41 Å². The zero-order chi connectivity index (χ0) is 21.7. The number of rotatable bonds is 6. The van der Waals surface area contributed by atoms with Gasteiger partial charge in [0.1, 0.15) is 12.4 Å². The van der Waals surface area contributed by atoms with Gasteiger partial charge in [-0.3, -0.25) is 9.59 Å². The van der Waals surface area contributed by atoms with E-state index in [9.17, 15) is 14.4 Å². The third-order valence-corrected chi connectivity index (χ3v) is 4.88. The number of hydrogen-bond donors (Lipinski definition) is 1. The maximum absolute atomic E-state index is 13.0. The topological polar surface area (TPSA) is 84.9 Å². The zero-order valence-electron chi connectivity index (χ0n) is 17.4. The maximum atomic E-state index is 13.0. The maximum Gasteiger partial charge on any atom is 0.407 e. The number of benzene rings is 2. The summed E-state index contributed by atoms with van der Waals surface area (Å²) in [6, 6.07) is 14.7. The molecular weight excluding hydrogens is 384 g/mol. The molecule has 0 bridgehead atoms. The highest BCUT2D eigenvalue weighted by Gasteiger charge is 2.38. The fraction of sp³-hybridized carbons (Fsp3) is 0.348. The van der Waals surface area contributed by atoms with Crippen LogP contribution in [0.2, 0.25) is 0 Å². The molecule has 0 unspecified atom stereocenters. The van der Waals surface area contributed by atoms with E-state index < -0.39 is 17.5 Å². The summed E-state index contributed by atoms with van der Waals surface area (Å²) in [4.78, 5) is 37.9. The number of ether oxygens (including phenoxy) is 2. The first-order chi connectivity index (χ1) is 14.3. The Balaban J connectivity index is 1.64. The van der Waals surface area contributed by atoms with Crippen molar-refractivity contribution in [3.05, 3.63) is 59.7 Å². The van der Waals surface area contributed by atoms with Crippen LogP contribution in [0.4, 0.5) is 10.5 Å². The number of fused-ring (bicyclic) bond motifs is 1. The molecule has 158 valence electrons. The largest absolute Gasteiger partial charge is 0.445 e. The Morgan fingerprint density at radius 2 is 1.87 bits per heavy atom. The fourth-order valence-electron chi connectivity index (χ4n) is 3.47. The van der Waals surface area contributed by atoms with Gasteiger partial charge in [0.05, 0.1) is 5.69 Å². The van der Waals surface area contributed by atoms with E-state index in [0.717, 1.165) is 11.1 Å². The Labute approximate surface area is 176 Å². The predicted molar refractivity (Wildman–Crippen MR) is 112 cm³/mol. The van der Waals surface area contributed by atoms with Crippen molar-refractivity contribution in [3.63, 3.8) is 0 Å². The lowest BCUT2D eigenvalue weighted by molar-refractivity contribution is -0.131. The van der Waals surface area contributed by atoms with E-state index >= 15 is 0 Å². The Bertz CT molecular complexity index is 940. The average molecular weight is 410 g/mol. The van der Waals surface area contributed by atoms with Gasteiger partial charge in [0.2, 0.25) is 5.91 Å². The summed E-state index contributed by atoms with van der Waals surface area (Å²) in [5.74, 6) is -0.0878. The summed E-state index contributed by atoms with van der Waals surface area (Å²) < 4.78 is 10.4. The molecule has 2 amide bonds. The summed E-state index contributed by atoms with van der Waals surface area (Å²) in [5, 5.41) is 2.69. The first kappa shape index (κ1) is 21.4. The highest BCUT2D eigenvalue weighted by atomic mass is 16.5. The molecule has 0 atom stereocenters. The van der Waals surface area contributed by atoms with Crippen molar-refractivity contribution < 1.29 is 23.9 Å². The molecule has 1 aliphatic rings. The molecule has 0 radical (unpaired) electrons. The Hall–Kier alpha value is -3.35. The van der Waals surface area contributed by atoms with Crippen LogP contribution < -0.4 is 15.0 Å². The van der Waals surface area contributed by atoms with Crippen LogP contribution in [0.1, 0.15) is 31.9 Å². The number of alkyl carbamates (subject to hydrolysis) is 1. The number of nitrogens with zero attached hydrogens (tertiary/aromatic N) is 1. The van der Waals surface area contributed by atoms with Gasteiger partial charge in [-0.1, -0.05) is 50.2 Å². The third kappa shape index (κ3) is 5.17. The van der Waals surface area contributed by atoms with Crippen LogP contribution in [0.5, 0.6) is 5.75 Å². The smallest absolute Gasteiger partial charge is 0.407 e. The third-order valence-electron chi connectivity index (χ3n) is 4.88. The second kappa shape index (κ2) is 8.98. The zero-order valence-corrected chi connectivity index (χ0v) is 17.4. The van der Waals surface area contributed by atoms with E-state index in [4.69, 9.17) is 9.47 Å². The van der Waals surface area contributed by atoms with Crippen LogP contribution >= 0.6 is 0 Å². The second-order valence-electron chi connectivity index (χ2n) is 7.89. The van der Waals surface area contributed by atoms with Gasteiger partial charge < -0.3 is 19.7 Å². The molecule has 1 aliphatic heterocycles. The molecule has 0 aliphatic carbocycles. The van der Waals surface area contributed by atoms with Crippen LogP contribution in [0.15, 0.2) is 48.5 Å². The number of hydrogen-bond acceptors (Lipinski definition) is 5. The first-order valence-corrected chi connectivity index (χ1v) is 9.84. The van der Waals surface area contributed by atoms with Gasteiger partial charge in [-0.25, -0.2) is 4.79 Å². The lowest BCUT2D eigenvalue weighted by atomic mass is 9.80. The summed E-state index contributed by atoms with van der Waals surface area (Å²) in [6.45, 7) is 5.80. The van der Waals surface area contributed by atoms with Crippen molar-refractivity contribution in [3.8, 4) is 5.75 Å². The van der Waals surface area contributed by atoms with Gasteiger partial charge in [0.15, 0.2) is 0 Å². The fourth-order valence-corrected chi connectivity index (χ4v) is 3.47. The molecule has 30 heavy (non-hydrogen) atoms. The van der Waals surface area contributed by atoms with Crippen LogP contribution in [0.3, 0.4) is 0 Å². The molecule has 1 N–H and O–H groups in total. The average Bonchev–Trinajstić information content (AvgIpc) is 2.70. The molecule has 0 spiro atoms. The van der Waals surface area contributed by atoms with E-state index in [1.54, 1.807) is 17.0 Å². The minimum absolute atomic E-state index is 0.0468. The molecule has 7 heteroatoms. The molecule has 2 aromatic carbocycles. The monoisotopic (exact) mass is 410 g/mol. The Morgan fingerprint density at radius 1 is 1.13 bits per heavy atom. The SMILES string of the molecule is CC(=O)Oc1ccc2c(c1)N(CCNC(=O)OCc1ccccc1)C(=O)C(C)(C)C2. The van der Waals surface area contributed by atoms with Gasteiger partial charge in [0.25, 0.3) is 0 Å². The van der Waals surface area contributed by atoms with Crippen LogP contribution in [0, 0.1) is 5.41 Å². The molecule has 0 aromatic heterocycles. The summed E-state index contributed by atoms with van der Waals surface area (Å²) in [7, 11) is 0. The van der Waals surface area contributed by atoms with Gasteiger partial charge in [0, 0.05) is 31.5 Å². The van der Waals surface area contributed by atoms with Crippen LogP contribution in [0.25, 0.3) is 0 Å². The molecule has 0 saturated heterocycles. The van der Waals surface area contributed by atoms with Gasteiger partial charge >= 0.3 is 12.1 Å². The lowest BCUT2D eigenvalue weighted by Gasteiger charge is -2.38. The molecular formula is C23H26N2O5. The Morgan fingerprint density at radius 3 is 2.57 bits per heavy atom. The van der Waals surface area contributed by atoms with E-state index in [1.165, 1.54) is 6.92 Å². The van der Waals surface area contributed by atoms with E-state index in [-0.39, 0.29) is 25.6 Å². The quantitative estimate of drug-likeness (QED) is 0.582. The van der Waals surface area contributed by atoms with Crippen molar-refractivity contribution in [1.82, 2.24) is 5.32 Å². The van der Waals surface area contributed by atoms with Crippen molar-refractivity contribution in [2.75, 3.05) is 18.0 Å². The van der Waals surface area contributed by atoms with E-state index in [2.05, 4.69) is 5.32 Å².